The summed E-state index contributed by atoms with van der Waals surface area (Å²) in [6.07, 6.45) is 0. The van der Waals surface area contributed by atoms with Crippen molar-refractivity contribution >= 4 is 24.0 Å². The van der Waals surface area contributed by atoms with Gasteiger partial charge in [0, 0.05) is 22.4 Å². The third-order valence-corrected chi connectivity index (χ3v) is 1.42. The Hall–Kier alpha value is -1.78. The van der Waals surface area contributed by atoms with E-state index in [4.69, 9.17) is 0 Å². The minimum Gasteiger partial charge on any atom is -0.548 e. The van der Waals surface area contributed by atoms with Crippen molar-refractivity contribution in [2.45, 2.75) is 25.9 Å². The second-order valence-electron chi connectivity index (χ2n) is 3.10. The summed E-state index contributed by atoms with van der Waals surface area (Å²) in [6.45, 7) is 2.53. The maximum Gasteiger partial charge on any atom is 0.312 e. The number of carbonyl (C=O) groups is 4. The van der Waals surface area contributed by atoms with Gasteiger partial charge in [0.05, 0.1) is 24.0 Å². The molecule has 115 valence electrons. The van der Waals surface area contributed by atoms with Crippen LogP contribution in [0.15, 0.2) is 0 Å². The van der Waals surface area contributed by atoms with Gasteiger partial charge in [0.1, 0.15) is 0 Å². The SMILES string of the molecule is CC(NC(N)=O)C(=O)[O-].CC(NC(N)=O)C(=O)[O-].[Au]. The molecule has 2 atom stereocenters. The van der Waals surface area contributed by atoms with Gasteiger partial charge in [-0.2, -0.15) is 0 Å². The monoisotopic (exact) mass is 459 g/mol. The Kier molecular flexibility index (Phi) is 13.3. The van der Waals surface area contributed by atoms with E-state index in [0.717, 1.165) is 0 Å². The minimum atomic E-state index is -1.35. The first-order valence-electron chi connectivity index (χ1n) is 4.61. The van der Waals surface area contributed by atoms with Gasteiger partial charge < -0.3 is 41.9 Å². The fourth-order valence-corrected chi connectivity index (χ4v) is 0.545. The molecule has 11 heteroatoms. The largest absolute Gasteiger partial charge is 0.548 e. The fraction of sp³-hybridized carbons (Fsp3) is 0.500. The normalized spacial score (nSPS) is 11.5. The summed E-state index contributed by atoms with van der Waals surface area (Å²) in [5, 5.41) is 23.5. The quantitative estimate of drug-likeness (QED) is 0.307. The topological polar surface area (TPSA) is 190 Å². The van der Waals surface area contributed by atoms with E-state index < -0.39 is 36.1 Å². The molecule has 0 aromatic heterocycles. The van der Waals surface area contributed by atoms with Gasteiger partial charge >= 0.3 is 12.1 Å². The summed E-state index contributed by atoms with van der Waals surface area (Å²) in [4.78, 5) is 39.6. The van der Waals surface area contributed by atoms with E-state index in [1.54, 1.807) is 0 Å². The van der Waals surface area contributed by atoms with Crippen LogP contribution >= 0.6 is 0 Å². The number of aliphatic carboxylic acids is 2. The number of primary amides is 2. The van der Waals surface area contributed by atoms with E-state index in [1.165, 1.54) is 13.8 Å². The molecule has 0 aliphatic heterocycles. The van der Waals surface area contributed by atoms with Crippen molar-refractivity contribution in [2.24, 2.45) is 11.5 Å². The Morgan fingerprint density at radius 3 is 1.11 bits per heavy atom. The number of carboxylic acids is 2. The van der Waals surface area contributed by atoms with Crippen molar-refractivity contribution in [3.05, 3.63) is 0 Å². The van der Waals surface area contributed by atoms with E-state index in [0.29, 0.717) is 0 Å². The van der Waals surface area contributed by atoms with Gasteiger partial charge in [0.15, 0.2) is 0 Å². The minimum absolute atomic E-state index is 0. The Balaban J connectivity index is -0.000000256. The van der Waals surface area contributed by atoms with Gasteiger partial charge in [-0.3, -0.25) is 0 Å². The molecule has 0 saturated heterocycles. The molecule has 0 saturated carbocycles. The van der Waals surface area contributed by atoms with Crippen LogP contribution in [0.3, 0.4) is 0 Å². The van der Waals surface area contributed by atoms with E-state index in [2.05, 4.69) is 11.5 Å². The number of carbonyl (C=O) groups excluding carboxylic acids is 4. The molecular weight excluding hydrogens is 445 g/mol. The number of nitrogens with one attached hydrogen (secondary N) is 2. The predicted octanol–water partition coefficient (Wildman–Crippen LogP) is -4.42. The summed E-state index contributed by atoms with van der Waals surface area (Å²) in [6, 6.07) is -3.79. The summed E-state index contributed by atoms with van der Waals surface area (Å²) >= 11 is 0. The molecule has 0 heterocycles. The van der Waals surface area contributed by atoms with E-state index in [1.807, 2.05) is 10.6 Å². The zero-order valence-electron chi connectivity index (χ0n) is 10.1. The van der Waals surface area contributed by atoms with Crippen LogP contribution in [-0.4, -0.2) is 36.1 Å². The van der Waals surface area contributed by atoms with Crippen LogP contribution in [0.4, 0.5) is 9.59 Å². The number of nitrogens with two attached hydrogens (primary N) is 2. The smallest absolute Gasteiger partial charge is 0.312 e. The first-order valence-corrected chi connectivity index (χ1v) is 4.61. The first kappa shape index (κ1) is 22.4. The average Bonchev–Trinajstić information content (AvgIpc) is 2.16. The number of carboxylic acid groups (broad SMARTS) is 2. The van der Waals surface area contributed by atoms with Gasteiger partial charge in [-0.15, -0.1) is 0 Å². The molecule has 0 aliphatic rings. The molecule has 0 aliphatic carbocycles. The molecule has 4 amide bonds. The zero-order chi connectivity index (χ0) is 14.9. The molecule has 0 aromatic rings. The zero-order valence-corrected chi connectivity index (χ0v) is 12.2. The molecule has 10 nitrogen and oxygen atoms in total. The Bertz CT molecular complexity index is 305. The van der Waals surface area contributed by atoms with Crippen LogP contribution in [0.5, 0.6) is 0 Å². The standard InChI is InChI=1S/2C4H8N2O3.Au/c2*1-2(3(7)8)6-4(5)9;/h2*2H,1H3,(H,7,8)(H3,5,6,9);/p-2. The van der Waals surface area contributed by atoms with Crippen molar-refractivity contribution < 1.29 is 51.8 Å². The maximum atomic E-state index is 9.93. The van der Waals surface area contributed by atoms with Gasteiger partial charge in [-0.05, 0) is 13.8 Å². The van der Waals surface area contributed by atoms with E-state index >= 15 is 0 Å². The summed E-state index contributed by atoms with van der Waals surface area (Å²) in [5.74, 6) is -2.71. The predicted molar refractivity (Wildman–Crippen MR) is 54.4 cm³/mol. The van der Waals surface area contributed by atoms with Gasteiger partial charge in [-0.25, -0.2) is 9.59 Å². The Labute approximate surface area is 124 Å². The average molecular weight is 459 g/mol. The molecule has 6 N–H and O–H groups in total. The van der Waals surface area contributed by atoms with Gasteiger partial charge in [0.2, 0.25) is 0 Å². The number of urea groups is 2. The number of hydrogen-bond donors (Lipinski definition) is 4. The molecular formula is C8H14AuN4O6-2. The second kappa shape index (κ2) is 11.3. The maximum absolute atomic E-state index is 9.93. The van der Waals surface area contributed by atoms with Crippen LogP contribution in [-0.2, 0) is 32.0 Å². The number of amides is 4. The van der Waals surface area contributed by atoms with Crippen LogP contribution in [0.2, 0.25) is 0 Å². The van der Waals surface area contributed by atoms with Crippen molar-refractivity contribution in [2.75, 3.05) is 0 Å². The fourth-order valence-electron chi connectivity index (χ4n) is 0.545. The van der Waals surface area contributed by atoms with Crippen LogP contribution in [0.1, 0.15) is 13.8 Å². The second-order valence-corrected chi connectivity index (χ2v) is 3.10. The summed E-state index contributed by atoms with van der Waals surface area (Å²) in [7, 11) is 0. The molecule has 2 unspecified atom stereocenters. The van der Waals surface area contributed by atoms with Crippen molar-refractivity contribution in [1.29, 1.82) is 0 Å². The Morgan fingerprint density at radius 2 is 1.05 bits per heavy atom. The van der Waals surface area contributed by atoms with Gasteiger partial charge in [0.25, 0.3) is 0 Å². The number of rotatable bonds is 4. The van der Waals surface area contributed by atoms with E-state index in [9.17, 15) is 29.4 Å². The van der Waals surface area contributed by atoms with Gasteiger partial charge in [-0.1, -0.05) is 0 Å². The molecule has 0 fully saturated rings. The third-order valence-electron chi connectivity index (χ3n) is 1.42. The first-order chi connectivity index (χ1) is 8.07. The number of hydrogen-bond acceptors (Lipinski definition) is 6. The van der Waals surface area contributed by atoms with E-state index in [-0.39, 0.29) is 22.4 Å². The molecule has 0 rings (SSSR count). The van der Waals surface area contributed by atoms with Crippen LogP contribution in [0.25, 0.3) is 0 Å². The van der Waals surface area contributed by atoms with Crippen LogP contribution in [0, 0.1) is 0 Å². The van der Waals surface area contributed by atoms with Crippen molar-refractivity contribution in [3.8, 4) is 0 Å². The van der Waals surface area contributed by atoms with Crippen molar-refractivity contribution in [3.63, 3.8) is 0 Å². The molecule has 0 aromatic carbocycles. The summed E-state index contributed by atoms with van der Waals surface area (Å²) in [5.41, 5.74) is 9.18. The van der Waals surface area contributed by atoms with Crippen LogP contribution < -0.4 is 32.3 Å². The molecule has 0 spiro atoms. The summed E-state index contributed by atoms with van der Waals surface area (Å²) < 4.78 is 0. The molecule has 1 radical (unpaired) electrons. The Morgan fingerprint density at radius 1 is 0.842 bits per heavy atom. The van der Waals surface area contributed by atoms with Crippen molar-refractivity contribution in [1.82, 2.24) is 10.6 Å². The molecule has 0 bridgehead atoms. The molecule has 19 heavy (non-hydrogen) atoms. The third kappa shape index (κ3) is 16.2.